The van der Waals surface area contributed by atoms with Crippen LogP contribution in [0.2, 0.25) is 0 Å². The van der Waals surface area contributed by atoms with E-state index in [1.165, 1.54) is 0 Å². The molecule has 1 saturated carbocycles. The van der Waals surface area contributed by atoms with E-state index in [0.717, 1.165) is 37.7 Å². The number of allylic oxidation sites excluding steroid dienone is 4. The fourth-order valence-corrected chi connectivity index (χ4v) is 5.27. The predicted octanol–water partition coefficient (Wildman–Crippen LogP) is 4.93. The van der Waals surface area contributed by atoms with Gasteiger partial charge in [0.15, 0.2) is 0 Å². The zero-order valence-corrected chi connectivity index (χ0v) is 25.3. The highest BCUT2D eigenvalue weighted by molar-refractivity contribution is 5.16. The van der Waals surface area contributed by atoms with Crippen molar-refractivity contribution in [3.8, 4) is 0 Å². The van der Waals surface area contributed by atoms with Crippen molar-refractivity contribution >= 4 is 0 Å². The normalized spacial score (nSPS) is 26.0. The first-order valence-electron chi connectivity index (χ1n) is 15.0. The van der Waals surface area contributed by atoms with Gasteiger partial charge in [-0.15, -0.1) is 0 Å². The van der Waals surface area contributed by atoms with Gasteiger partial charge in [-0.25, -0.2) is 0 Å². The third-order valence-electron chi connectivity index (χ3n) is 8.52. The summed E-state index contributed by atoms with van der Waals surface area (Å²) in [5, 5.41) is 45.7. The Morgan fingerprint density at radius 2 is 1.90 bits per heavy atom. The van der Waals surface area contributed by atoms with Crippen LogP contribution in [0.4, 0.5) is 0 Å². The van der Waals surface area contributed by atoms with Crippen molar-refractivity contribution in [2.75, 3.05) is 13.7 Å². The van der Waals surface area contributed by atoms with Crippen LogP contribution in [0.15, 0.2) is 60.6 Å². The second-order valence-corrected chi connectivity index (χ2v) is 12.3. The minimum Gasteiger partial charge on any atom is -0.504 e. The average Bonchev–Trinajstić information content (AvgIpc) is 3.75. The van der Waals surface area contributed by atoms with Crippen LogP contribution >= 0.6 is 0 Å². The van der Waals surface area contributed by atoms with Crippen molar-refractivity contribution in [3.05, 3.63) is 60.6 Å². The van der Waals surface area contributed by atoms with Crippen LogP contribution in [-0.4, -0.2) is 70.7 Å². The first-order chi connectivity index (χ1) is 19.0. The van der Waals surface area contributed by atoms with Crippen LogP contribution in [-0.2, 0) is 9.47 Å². The standard InChI is InChI=1S/C33H55NO6/c1-23-21-30(40-25(3)24(23)2)32(38)29(17-19-35)34-28(26-15-16-26)14-12-18-33(4,5)31(37)22-27(36)13-10-8-7-9-11-20-39-6/h7,9-11,13,17,20,24-28,30-32,34-38H,1,8,12,14-16,18-19,21-22H2,2-6H3/b9-7+,13-10+,20-11+,29-17+/t24-,25?,27?,28?,30?,31?,32?/m1/s1. The molecule has 7 nitrogen and oxygen atoms in total. The molecular weight excluding hydrogens is 506 g/mol. The minimum atomic E-state index is -0.856. The lowest BCUT2D eigenvalue weighted by atomic mass is 9.78. The summed E-state index contributed by atoms with van der Waals surface area (Å²) in [7, 11) is 1.60. The first kappa shape index (κ1) is 34.3. The van der Waals surface area contributed by atoms with E-state index >= 15 is 0 Å². The maximum atomic E-state index is 11.2. The van der Waals surface area contributed by atoms with Crippen LogP contribution in [0.3, 0.4) is 0 Å². The first-order valence-corrected chi connectivity index (χ1v) is 15.0. The molecule has 5 N–H and O–H groups in total. The largest absolute Gasteiger partial charge is 0.504 e. The Morgan fingerprint density at radius 3 is 2.52 bits per heavy atom. The number of rotatable bonds is 18. The van der Waals surface area contributed by atoms with E-state index in [0.29, 0.717) is 30.9 Å². The lowest BCUT2D eigenvalue weighted by Crippen LogP contribution is -2.45. The molecule has 1 aliphatic carbocycles. The van der Waals surface area contributed by atoms with Gasteiger partial charge >= 0.3 is 0 Å². The third-order valence-corrected chi connectivity index (χ3v) is 8.52. The van der Waals surface area contributed by atoms with Gasteiger partial charge in [0.1, 0.15) is 6.10 Å². The van der Waals surface area contributed by atoms with Crippen molar-refractivity contribution in [2.45, 2.75) is 116 Å². The van der Waals surface area contributed by atoms with Crippen molar-refractivity contribution < 1.29 is 29.9 Å². The zero-order valence-electron chi connectivity index (χ0n) is 25.3. The Kier molecular flexibility index (Phi) is 14.7. The number of hydrogen-bond donors (Lipinski definition) is 5. The Morgan fingerprint density at radius 1 is 1.18 bits per heavy atom. The fourth-order valence-electron chi connectivity index (χ4n) is 5.27. The molecule has 228 valence electrons. The number of hydrogen-bond acceptors (Lipinski definition) is 7. The Labute approximate surface area is 242 Å². The monoisotopic (exact) mass is 561 g/mol. The molecule has 0 radical (unpaired) electrons. The van der Waals surface area contributed by atoms with Crippen LogP contribution in [0, 0.1) is 17.3 Å². The summed E-state index contributed by atoms with van der Waals surface area (Å²) in [5.74, 6) is 0.789. The van der Waals surface area contributed by atoms with E-state index < -0.39 is 18.3 Å². The number of nitrogens with one attached hydrogen (secondary N) is 1. The number of methoxy groups -OCH3 is 1. The highest BCUT2D eigenvalue weighted by atomic mass is 16.5. The summed E-state index contributed by atoms with van der Waals surface area (Å²) < 4.78 is 10.9. The van der Waals surface area contributed by atoms with Crippen LogP contribution < -0.4 is 5.32 Å². The number of aliphatic hydroxyl groups is 4. The quantitative estimate of drug-likeness (QED) is 0.0916. The molecule has 0 amide bonds. The molecule has 2 fully saturated rings. The second kappa shape index (κ2) is 17.1. The average molecular weight is 562 g/mol. The Balaban J connectivity index is 1.87. The van der Waals surface area contributed by atoms with E-state index in [4.69, 9.17) is 9.47 Å². The molecule has 1 saturated heterocycles. The van der Waals surface area contributed by atoms with Crippen molar-refractivity contribution in [3.63, 3.8) is 0 Å². The summed E-state index contributed by atoms with van der Waals surface area (Å²) >= 11 is 0. The van der Waals surface area contributed by atoms with E-state index in [-0.39, 0.29) is 36.2 Å². The van der Waals surface area contributed by atoms with E-state index in [1.54, 1.807) is 31.6 Å². The maximum absolute atomic E-state index is 11.2. The van der Waals surface area contributed by atoms with Gasteiger partial charge in [-0.1, -0.05) is 63.6 Å². The minimum absolute atomic E-state index is 0.0153. The molecule has 0 bridgehead atoms. The molecule has 0 aromatic heterocycles. The zero-order chi connectivity index (χ0) is 29.7. The van der Waals surface area contributed by atoms with E-state index in [2.05, 4.69) is 32.7 Å². The topological polar surface area (TPSA) is 111 Å². The van der Waals surface area contributed by atoms with Crippen LogP contribution in [0.1, 0.15) is 79.1 Å². The van der Waals surface area contributed by atoms with Crippen molar-refractivity contribution in [1.29, 1.82) is 0 Å². The summed E-state index contributed by atoms with van der Waals surface area (Å²) in [6.07, 6.45) is 16.4. The van der Waals surface area contributed by atoms with Gasteiger partial charge in [-0.3, -0.25) is 0 Å². The van der Waals surface area contributed by atoms with Gasteiger partial charge in [0, 0.05) is 24.1 Å². The molecule has 2 rings (SSSR count). The van der Waals surface area contributed by atoms with E-state index in [9.17, 15) is 20.4 Å². The molecule has 2 aliphatic rings. The molecule has 7 atom stereocenters. The Bertz CT molecular complexity index is 874. The van der Waals surface area contributed by atoms with Crippen molar-refractivity contribution in [1.82, 2.24) is 5.32 Å². The van der Waals surface area contributed by atoms with Crippen LogP contribution in [0.5, 0.6) is 0 Å². The molecule has 1 aliphatic heterocycles. The maximum Gasteiger partial charge on any atom is 0.120 e. The molecule has 0 aromatic carbocycles. The van der Waals surface area contributed by atoms with Gasteiger partial charge in [0.25, 0.3) is 0 Å². The molecule has 6 unspecified atom stereocenters. The second-order valence-electron chi connectivity index (χ2n) is 12.3. The number of aliphatic hydroxyl groups excluding tert-OH is 4. The van der Waals surface area contributed by atoms with Gasteiger partial charge in [0.2, 0.25) is 0 Å². The SMILES string of the molecule is C=C1CC(C(O)/C(=C\CO)NC(CCCC(C)(C)C(O)CC(O)/C=C/C/C=C/C=C/OC)C2CC2)OC(C)[C@@H]1C. The summed E-state index contributed by atoms with van der Waals surface area (Å²) in [5.41, 5.74) is 1.36. The highest BCUT2D eigenvalue weighted by Gasteiger charge is 2.37. The fraction of sp³-hybridized carbons (Fsp3) is 0.697. The number of ether oxygens (including phenoxy) is 2. The third kappa shape index (κ3) is 11.5. The molecule has 7 heteroatoms. The molecule has 40 heavy (non-hydrogen) atoms. The van der Waals surface area contributed by atoms with Crippen LogP contribution in [0.25, 0.3) is 0 Å². The molecule has 1 heterocycles. The van der Waals surface area contributed by atoms with Gasteiger partial charge in [0.05, 0.1) is 44.4 Å². The lowest BCUT2D eigenvalue weighted by molar-refractivity contribution is -0.0920. The van der Waals surface area contributed by atoms with Crippen molar-refractivity contribution in [2.24, 2.45) is 17.3 Å². The molecule has 0 aromatic rings. The van der Waals surface area contributed by atoms with Gasteiger partial charge < -0.3 is 35.2 Å². The lowest BCUT2D eigenvalue weighted by Gasteiger charge is -2.38. The summed E-state index contributed by atoms with van der Waals surface area (Å²) in [4.78, 5) is 0. The smallest absolute Gasteiger partial charge is 0.120 e. The summed E-state index contributed by atoms with van der Waals surface area (Å²) in [6, 6.07) is 0.184. The predicted molar refractivity (Wildman–Crippen MR) is 161 cm³/mol. The molecule has 0 spiro atoms. The van der Waals surface area contributed by atoms with E-state index in [1.807, 2.05) is 25.2 Å². The Hall–Kier alpha value is -1.90. The highest BCUT2D eigenvalue weighted by Crippen LogP contribution is 2.38. The molecular formula is C33H55NO6. The van der Waals surface area contributed by atoms with Gasteiger partial charge in [-0.2, -0.15) is 0 Å². The van der Waals surface area contributed by atoms with Gasteiger partial charge in [-0.05, 0) is 68.9 Å². The summed E-state index contributed by atoms with van der Waals surface area (Å²) in [6.45, 7) is 12.2.